The van der Waals surface area contributed by atoms with Gasteiger partial charge in [0, 0.05) is 10.2 Å². The highest BCUT2D eigenvalue weighted by Crippen LogP contribution is 2.27. The minimum atomic E-state index is -1.16. The van der Waals surface area contributed by atoms with E-state index >= 15 is 0 Å². The molecular formula is C15H14BrNO2. The molecule has 1 atom stereocenters. The number of aliphatic carboxylic acids is 1. The van der Waals surface area contributed by atoms with Gasteiger partial charge in [-0.15, -0.1) is 0 Å². The van der Waals surface area contributed by atoms with Crippen molar-refractivity contribution in [2.75, 3.05) is 5.32 Å². The molecule has 2 aromatic rings. The molecule has 0 bridgehead atoms. The SMILES string of the molecule is CC(Nc1ccc(Br)cc1)(C(=O)O)c1ccccc1. The van der Waals surface area contributed by atoms with Crippen LogP contribution in [-0.4, -0.2) is 11.1 Å². The predicted octanol–water partition coefficient (Wildman–Crippen LogP) is 3.86. The fourth-order valence-corrected chi connectivity index (χ4v) is 2.11. The van der Waals surface area contributed by atoms with E-state index in [1.54, 1.807) is 19.1 Å². The van der Waals surface area contributed by atoms with Gasteiger partial charge in [0.25, 0.3) is 0 Å². The molecule has 3 nitrogen and oxygen atoms in total. The third kappa shape index (κ3) is 2.96. The first-order valence-corrected chi connectivity index (χ1v) is 6.64. The van der Waals surface area contributed by atoms with Gasteiger partial charge in [0.2, 0.25) is 0 Å². The average Bonchev–Trinajstić information content (AvgIpc) is 2.42. The lowest BCUT2D eigenvalue weighted by Gasteiger charge is -2.28. The van der Waals surface area contributed by atoms with E-state index in [0.29, 0.717) is 5.56 Å². The van der Waals surface area contributed by atoms with Crippen molar-refractivity contribution >= 4 is 27.6 Å². The fraction of sp³-hybridized carbons (Fsp3) is 0.133. The second kappa shape index (κ2) is 5.45. The lowest BCUT2D eigenvalue weighted by Crippen LogP contribution is -2.40. The van der Waals surface area contributed by atoms with Gasteiger partial charge in [0.1, 0.15) is 0 Å². The number of hydrogen-bond donors (Lipinski definition) is 2. The molecule has 19 heavy (non-hydrogen) atoms. The number of anilines is 1. The van der Waals surface area contributed by atoms with E-state index in [4.69, 9.17) is 0 Å². The zero-order chi connectivity index (χ0) is 13.9. The van der Waals surface area contributed by atoms with Crippen molar-refractivity contribution in [3.63, 3.8) is 0 Å². The Morgan fingerprint density at radius 1 is 1.11 bits per heavy atom. The Bertz CT molecular complexity index is 568. The van der Waals surface area contributed by atoms with Gasteiger partial charge in [0.15, 0.2) is 5.54 Å². The van der Waals surface area contributed by atoms with Crippen LogP contribution in [0.15, 0.2) is 59.1 Å². The normalized spacial score (nSPS) is 13.6. The van der Waals surface area contributed by atoms with Gasteiger partial charge >= 0.3 is 5.97 Å². The monoisotopic (exact) mass is 319 g/mol. The summed E-state index contributed by atoms with van der Waals surface area (Å²) in [7, 11) is 0. The van der Waals surface area contributed by atoms with Crippen molar-refractivity contribution in [2.24, 2.45) is 0 Å². The van der Waals surface area contributed by atoms with E-state index in [0.717, 1.165) is 10.2 Å². The van der Waals surface area contributed by atoms with Gasteiger partial charge in [-0.25, -0.2) is 4.79 Å². The first kappa shape index (κ1) is 13.6. The molecule has 0 saturated heterocycles. The van der Waals surface area contributed by atoms with Crippen molar-refractivity contribution in [1.82, 2.24) is 0 Å². The Labute approximate surface area is 120 Å². The summed E-state index contributed by atoms with van der Waals surface area (Å²) < 4.78 is 0.954. The minimum Gasteiger partial charge on any atom is -0.479 e. The topological polar surface area (TPSA) is 49.3 Å². The standard InChI is InChI=1S/C15H14BrNO2/c1-15(14(18)19,11-5-3-2-4-6-11)17-13-9-7-12(16)8-10-13/h2-10,17H,1H3,(H,18,19). The van der Waals surface area contributed by atoms with Crippen LogP contribution in [0, 0.1) is 0 Å². The predicted molar refractivity (Wildman–Crippen MR) is 79.2 cm³/mol. The third-order valence-corrected chi connectivity index (χ3v) is 3.55. The lowest BCUT2D eigenvalue weighted by atomic mass is 9.92. The molecule has 98 valence electrons. The Morgan fingerprint density at radius 3 is 2.21 bits per heavy atom. The molecule has 0 fully saturated rings. The van der Waals surface area contributed by atoms with Gasteiger partial charge in [-0.1, -0.05) is 46.3 Å². The van der Waals surface area contributed by atoms with E-state index in [9.17, 15) is 9.90 Å². The Morgan fingerprint density at radius 2 is 1.68 bits per heavy atom. The van der Waals surface area contributed by atoms with Crippen molar-refractivity contribution in [3.05, 3.63) is 64.6 Å². The van der Waals surface area contributed by atoms with Gasteiger partial charge in [-0.3, -0.25) is 0 Å². The van der Waals surface area contributed by atoms with Crippen molar-refractivity contribution in [3.8, 4) is 0 Å². The molecule has 0 radical (unpaired) electrons. The molecule has 0 aliphatic rings. The van der Waals surface area contributed by atoms with Crippen LogP contribution in [-0.2, 0) is 10.3 Å². The van der Waals surface area contributed by atoms with Gasteiger partial charge in [0.05, 0.1) is 0 Å². The van der Waals surface area contributed by atoms with E-state index in [-0.39, 0.29) is 0 Å². The van der Waals surface area contributed by atoms with Crippen molar-refractivity contribution in [1.29, 1.82) is 0 Å². The maximum absolute atomic E-state index is 11.6. The molecule has 2 N–H and O–H groups in total. The average molecular weight is 320 g/mol. The van der Waals surface area contributed by atoms with Crippen LogP contribution in [0.2, 0.25) is 0 Å². The first-order chi connectivity index (χ1) is 9.02. The number of hydrogen-bond acceptors (Lipinski definition) is 2. The second-order valence-electron chi connectivity index (χ2n) is 4.43. The summed E-state index contributed by atoms with van der Waals surface area (Å²) >= 11 is 3.35. The molecule has 0 saturated carbocycles. The largest absolute Gasteiger partial charge is 0.479 e. The zero-order valence-corrected chi connectivity index (χ0v) is 12.0. The molecule has 2 rings (SSSR count). The summed E-state index contributed by atoms with van der Waals surface area (Å²) in [5.74, 6) is -0.915. The third-order valence-electron chi connectivity index (χ3n) is 3.02. The summed E-state index contributed by atoms with van der Waals surface area (Å²) in [5.41, 5.74) is 0.317. The second-order valence-corrected chi connectivity index (χ2v) is 5.34. The Kier molecular flexibility index (Phi) is 3.90. The van der Waals surface area contributed by atoms with Gasteiger partial charge < -0.3 is 10.4 Å². The first-order valence-electron chi connectivity index (χ1n) is 5.85. The van der Waals surface area contributed by atoms with E-state index in [1.165, 1.54) is 0 Å². The van der Waals surface area contributed by atoms with Crippen molar-refractivity contribution in [2.45, 2.75) is 12.5 Å². The van der Waals surface area contributed by atoms with Gasteiger partial charge in [-0.05, 0) is 36.8 Å². The van der Waals surface area contributed by atoms with Crippen LogP contribution in [0.3, 0.4) is 0 Å². The molecule has 0 heterocycles. The van der Waals surface area contributed by atoms with Crippen LogP contribution >= 0.6 is 15.9 Å². The number of rotatable bonds is 4. The Hall–Kier alpha value is -1.81. The number of halogens is 1. The molecule has 1 unspecified atom stereocenters. The summed E-state index contributed by atoms with van der Waals surface area (Å²) in [6.45, 7) is 1.66. The van der Waals surface area contributed by atoms with E-state index in [1.807, 2.05) is 42.5 Å². The minimum absolute atomic E-state index is 0.713. The number of carbonyl (C=O) groups is 1. The van der Waals surface area contributed by atoms with E-state index < -0.39 is 11.5 Å². The molecule has 0 amide bonds. The van der Waals surface area contributed by atoms with Crippen LogP contribution in [0.5, 0.6) is 0 Å². The smallest absolute Gasteiger partial charge is 0.333 e. The molecule has 4 heteroatoms. The Balaban J connectivity index is 2.36. The molecular weight excluding hydrogens is 306 g/mol. The fourth-order valence-electron chi connectivity index (χ4n) is 1.84. The lowest BCUT2D eigenvalue weighted by molar-refractivity contribution is -0.142. The van der Waals surface area contributed by atoms with Crippen LogP contribution in [0.1, 0.15) is 12.5 Å². The highest BCUT2D eigenvalue weighted by atomic mass is 79.9. The maximum Gasteiger partial charge on any atom is 0.333 e. The van der Waals surface area contributed by atoms with Crippen molar-refractivity contribution < 1.29 is 9.90 Å². The van der Waals surface area contributed by atoms with Crippen LogP contribution in [0.25, 0.3) is 0 Å². The summed E-state index contributed by atoms with van der Waals surface area (Å²) in [5, 5.41) is 12.6. The number of benzene rings is 2. The number of carboxylic acids is 1. The molecule has 0 aromatic heterocycles. The molecule has 0 aliphatic heterocycles. The molecule has 0 spiro atoms. The highest BCUT2D eigenvalue weighted by molar-refractivity contribution is 9.10. The quantitative estimate of drug-likeness (QED) is 0.899. The summed E-state index contributed by atoms with van der Waals surface area (Å²) in [4.78, 5) is 11.6. The number of carboxylic acid groups (broad SMARTS) is 1. The molecule has 2 aromatic carbocycles. The zero-order valence-electron chi connectivity index (χ0n) is 10.4. The van der Waals surface area contributed by atoms with Crippen LogP contribution in [0.4, 0.5) is 5.69 Å². The van der Waals surface area contributed by atoms with Crippen LogP contribution < -0.4 is 5.32 Å². The van der Waals surface area contributed by atoms with E-state index in [2.05, 4.69) is 21.2 Å². The molecule has 0 aliphatic carbocycles. The highest BCUT2D eigenvalue weighted by Gasteiger charge is 2.34. The number of nitrogens with one attached hydrogen (secondary N) is 1. The summed E-state index contributed by atoms with van der Waals surface area (Å²) in [6, 6.07) is 16.6. The summed E-state index contributed by atoms with van der Waals surface area (Å²) in [6.07, 6.45) is 0. The van der Waals surface area contributed by atoms with Gasteiger partial charge in [-0.2, -0.15) is 0 Å². The maximum atomic E-state index is 11.6.